The minimum Gasteiger partial charge on any atom is -0.357 e. The van der Waals surface area contributed by atoms with Crippen molar-refractivity contribution in [1.82, 2.24) is 15.3 Å². The van der Waals surface area contributed by atoms with E-state index < -0.39 is 0 Å². The molecule has 35 heavy (non-hydrogen) atoms. The zero-order chi connectivity index (χ0) is 24.6. The third-order valence-corrected chi connectivity index (χ3v) is 6.82. The van der Waals surface area contributed by atoms with E-state index in [1.807, 2.05) is 23.6 Å². The predicted molar refractivity (Wildman–Crippen MR) is 137 cm³/mol. The molecule has 0 unspecified atom stereocenters. The molecule has 3 heterocycles. The number of aryl methyl sites for hydroxylation is 1. The largest absolute Gasteiger partial charge is 0.357 e. The topological polar surface area (TPSA) is 111 Å². The summed E-state index contributed by atoms with van der Waals surface area (Å²) in [6.45, 7) is 3.70. The lowest BCUT2D eigenvalue weighted by atomic mass is 9.96. The molecule has 0 bridgehead atoms. The zero-order valence-electron chi connectivity index (χ0n) is 19.7. The summed E-state index contributed by atoms with van der Waals surface area (Å²) in [5, 5.41) is 17.3. The number of hydrogen-bond donors (Lipinski definition) is 2. The highest BCUT2D eigenvalue weighted by Gasteiger charge is 2.26. The first kappa shape index (κ1) is 24.4. The van der Waals surface area contributed by atoms with Crippen LogP contribution < -0.4 is 15.5 Å². The molecule has 2 amide bonds. The van der Waals surface area contributed by atoms with Crippen LogP contribution in [0.25, 0.3) is 11.3 Å². The second-order valence-electron chi connectivity index (χ2n) is 8.59. The van der Waals surface area contributed by atoms with E-state index in [-0.39, 0.29) is 17.7 Å². The molecule has 9 heteroatoms. The fourth-order valence-corrected chi connectivity index (χ4v) is 4.80. The minimum absolute atomic E-state index is 0.00219. The van der Waals surface area contributed by atoms with Crippen LogP contribution >= 0.6 is 11.3 Å². The summed E-state index contributed by atoms with van der Waals surface area (Å²) in [6, 6.07) is 13.9. The highest BCUT2D eigenvalue weighted by molar-refractivity contribution is 7.14. The molecule has 2 N–H and O–H groups in total. The summed E-state index contributed by atoms with van der Waals surface area (Å²) in [4.78, 5) is 34.9. The van der Waals surface area contributed by atoms with Gasteiger partial charge in [0, 0.05) is 49.6 Å². The van der Waals surface area contributed by atoms with E-state index in [0.717, 1.165) is 55.8 Å². The molecular formula is C26H28N6O2S. The van der Waals surface area contributed by atoms with Crippen LogP contribution in [0, 0.1) is 17.2 Å². The number of pyridine rings is 1. The molecule has 0 radical (unpaired) electrons. The fraction of sp³-hybridized carbons (Fsp3) is 0.346. The van der Waals surface area contributed by atoms with Gasteiger partial charge in [0.15, 0.2) is 5.13 Å². The molecule has 4 rings (SSSR count). The van der Waals surface area contributed by atoms with E-state index in [1.54, 1.807) is 12.3 Å². The highest BCUT2D eigenvalue weighted by atomic mass is 32.1. The number of thiazole rings is 1. The van der Waals surface area contributed by atoms with Gasteiger partial charge in [-0.25, -0.2) is 9.97 Å². The Kier molecular flexibility index (Phi) is 8.06. The molecule has 0 aliphatic carbocycles. The van der Waals surface area contributed by atoms with Crippen molar-refractivity contribution in [2.24, 2.45) is 5.92 Å². The smallest absolute Gasteiger partial charge is 0.229 e. The van der Waals surface area contributed by atoms with Gasteiger partial charge in [0.2, 0.25) is 11.8 Å². The number of rotatable bonds is 8. The number of amides is 2. The first-order valence-corrected chi connectivity index (χ1v) is 12.6. The Balaban J connectivity index is 1.26. The van der Waals surface area contributed by atoms with Gasteiger partial charge < -0.3 is 15.5 Å². The monoisotopic (exact) mass is 488 g/mol. The van der Waals surface area contributed by atoms with Gasteiger partial charge in [-0.05, 0) is 43.4 Å². The number of anilines is 2. The van der Waals surface area contributed by atoms with Crippen molar-refractivity contribution in [2.45, 2.75) is 32.6 Å². The number of nitriles is 1. The summed E-state index contributed by atoms with van der Waals surface area (Å²) in [6.07, 6.45) is 4.87. The third-order valence-electron chi connectivity index (χ3n) is 6.07. The Morgan fingerprint density at radius 3 is 2.60 bits per heavy atom. The van der Waals surface area contributed by atoms with Crippen molar-refractivity contribution in [3.8, 4) is 17.3 Å². The molecule has 1 fully saturated rings. The van der Waals surface area contributed by atoms with Crippen molar-refractivity contribution in [3.05, 3.63) is 59.1 Å². The van der Waals surface area contributed by atoms with Crippen LogP contribution in [-0.4, -0.2) is 41.4 Å². The van der Waals surface area contributed by atoms with Crippen LogP contribution in [-0.2, 0) is 16.0 Å². The van der Waals surface area contributed by atoms with Crippen molar-refractivity contribution < 1.29 is 9.59 Å². The molecule has 1 aliphatic heterocycles. The van der Waals surface area contributed by atoms with Gasteiger partial charge in [0.25, 0.3) is 0 Å². The lowest BCUT2D eigenvalue weighted by Gasteiger charge is -2.31. The maximum Gasteiger partial charge on any atom is 0.229 e. The number of nitrogens with one attached hydrogen (secondary N) is 2. The Hall–Kier alpha value is -3.77. The first-order valence-electron chi connectivity index (χ1n) is 11.7. The lowest BCUT2D eigenvalue weighted by molar-refractivity contribution is -0.120. The maximum absolute atomic E-state index is 12.8. The van der Waals surface area contributed by atoms with Gasteiger partial charge in [-0.1, -0.05) is 24.3 Å². The van der Waals surface area contributed by atoms with Crippen molar-refractivity contribution in [3.63, 3.8) is 0 Å². The molecule has 0 saturated carbocycles. The van der Waals surface area contributed by atoms with Crippen LogP contribution in [0.4, 0.5) is 10.9 Å². The quantitative estimate of drug-likeness (QED) is 0.464. The second-order valence-corrected chi connectivity index (χ2v) is 9.45. The number of nitrogens with zero attached hydrogens (tertiary/aromatic N) is 4. The van der Waals surface area contributed by atoms with Gasteiger partial charge in [0.1, 0.15) is 11.9 Å². The van der Waals surface area contributed by atoms with E-state index in [9.17, 15) is 9.59 Å². The lowest BCUT2D eigenvalue weighted by Crippen LogP contribution is -2.38. The average molecular weight is 489 g/mol. The number of hydrogen-bond acceptors (Lipinski definition) is 7. The molecule has 0 atom stereocenters. The van der Waals surface area contributed by atoms with Crippen molar-refractivity contribution in [2.75, 3.05) is 29.9 Å². The van der Waals surface area contributed by atoms with Crippen LogP contribution in [0.1, 0.15) is 37.3 Å². The van der Waals surface area contributed by atoms with Gasteiger partial charge in [-0.2, -0.15) is 5.26 Å². The van der Waals surface area contributed by atoms with E-state index in [2.05, 4.69) is 43.7 Å². The molecular weight excluding hydrogens is 460 g/mol. The normalized spacial score (nSPS) is 13.8. The number of piperidine rings is 1. The van der Waals surface area contributed by atoms with Crippen molar-refractivity contribution >= 4 is 34.1 Å². The summed E-state index contributed by atoms with van der Waals surface area (Å²) in [5.74, 6) is 0.783. The van der Waals surface area contributed by atoms with Crippen molar-refractivity contribution in [1.29, 1.82) is 5.26 Å². The summed E-state index contributed by atoms with van der Waals surface area (Å²) in [7, 11) is 0. The Morgan fingerprint density at radius 2 is 1.94 bits per heavy atom. The molecule has 180 valence electrons. The number of carbonyl (C=O) groups excluding carboxylic acids is 2. The SMILES string of the molecule is CC(=O)NCCCc1ccc(-c2csc(NC(=O)C3CCN(c4ccc(C#N)cn4)CC3)n2)cc1. The third kappa shape index (κ3) is 6.64. The number of benzene rings is 1. The fourth-order valence-electron chi connectivity index (χ4n) is 4.08. The first-order chi connectivity index (χ1) is 17.0. The average Bonchev–Trinajstić information content (AvgIpc) is 3.35. The Bertz CT molecular complexity index is 1190. The molecule has 1 aliphatic rings. The molecule has 8 nitrogen and oxygen atoms in total. The molecule has 2 aromatic heterocycles. The van der Waals surface area contributed by atoms with Crippen LogP contribution in [0.15, 0.2) is 48.0 Å². The van der Waals surface area contributed by atoms with Gasteiger partial charge in [0.05, 0.1) is 11.3 Å². The Morgan fingerprint density at radius 1 is 1.17 bits per heavy atom. The number of carbonyl (C=O) groups is 2. The molecule has 1 saturated heterocycles. The maximum atomic E-state index is 12.8. The Labute approximate surface area is 209 Å². The van der Waals surface area contributed by atoms with E-state index in [1.165, 1.54) is 23.8 Å². The number of aromatic nitrogens is 2. The molecule has 0 spiro atoms. The zero-order valence-corrected chi connectivity index (χ0v) is 20.5. The molecule has 3 aromatic rings. The van der Waals surface area contributed by atoms with E-state index in [0.29, 0.717) is 17.2 Å². The van der Waals surface area contributed by atoms with Crippen LogP contribution in [0.5, 0.6) is 0 Å². The minimum atomic E-state index is -0.0613. The van der Waals surface area contributed by atoms with Gasteiger partial charge >= 0.3 is 0 Å². The molecule has 1 aromatic carbocycles. The second kappa shape index (κ2) is 11.6. The van der Waals surface area contributed by atoms with Crippen LogP contribution in [0.2, 0.25) is 0 Å². The van der Waals surface area contributed by atoms with E-state index in [4.69, 9.17) is 5.26 Å². The van der Waals surface area contributed by atoms with E-state index >= 15 is 0 Å². The van der Waals surface area contributed by atoms with Crippen LogP contribution in [0.3, 0.4) is 0 Å². The summed E-state index contributed by atoms with van der Waals surface area (Å²) >= 11 is 1.43. The summed E-state index contributed by atoms with van der Waals surface area (Å²) < 4.78 is 0. The summed E-state index contributed by atoms with van der Waals surface area (Å²) in [5.41, 5.74) is 3.61. The highest BCUT2D eigenvalue weighted by Crippen LogP contribution is 2.27. The standard InChI is InChI=1S/C26H28N6O2S/c1-18(33)28-12-2-3-19-4-7-21(8-5-19)23-17-35-26(30-23)31-25(34)22-10-13-32(14-11-22)24-9-6-20(15-27)16-29-24/h4-9,16-17,22H,2-3,10-14H2,1H3,(H,28,33)(H,30,31,34). The van der Waals surface area contributed by atoms with Gasteiger partial charge in [-0.15, -0.1) is 11.3 Å². The predicted octanol–water partition coefficient (Wildman–Crippen LogP) is 4.00. The van der Waals surface area contributed by atoms with Gasteiger partial charge in [-0.3, -0.25) is 9.59 Å².